The van der Waals surface area contributed by atoms with Crippen molar-refractivity contribution in [3.8, 4) is 34.3 Å². The second kappa shape index (κ2) is 17.9. The number of hydrogen-bond donors (Lipinski definition) is 3. The molecule has 1 unspecified atom stereocenters. The van der Waals surface area contributed by atoms with Gasteiger partial charge in [-0.15, -0.1) is 0 Å². The Bertz CT molecular complexity index is 2730. The molecule has 0 radical (unpaired) electrons. The third kappa shape index (κ3) is 8.36. The van der Waals surface area contributed by atoms with Crippen molar-refractivity contribution in [2.75, 3.05) is 55.4 Å². The molecule has 2 fully saturated rings. The number of piperazine rings is 1. The van der Waals surface area contributed by atoms with Gasteiger partial charge in [0.2, 0.25) is 17.7 Å². The highest BCUT2D eigenvalue weighted by Gasteiger charge is 2.45. The molecule has 0 aliphatic carbocycles. The van der Waals surface area contributed by atoms with E-state index in [0.717, 1.165) is 4.90 Å². The average Bonchev–Trinajstić information content (AvgIpc) is 3.56. The van der Waals surface area contributed by atoms with E-state index in [4.69, 9.17) is 4.74 Å². The van der Waals surface area contributed by atoms with Crippen LogP contribution in [0.15, 0.2) is 85.3 Å². The van der Waals surface area contributed by atoms with Crippen LogP contribution in [0.25, 0.3) is 22.5 Å². The first-order valence-electron chi connectivity index (χ1n) is 20.1. The Kier molecular flexibility index (Phi) is 11.8. The van der Waals surface area contributed by atoms with Gasteiger partial charge in [0.1, 0.15) is 23.3 Å². The molecule has 63 heavy (non-hydrogen) atoms. The number of benzene rings is 3. The monoisotopic (exact) mass is 850 g/mol. The minimum atomic E-state index is -1.08. The summed E-state index contributed by atoms with van der Waals surface area (Å²) >= 11 is 0. The molecule has 0 spiro atoms. The number of nitrogens with one attached hydrogen (secondary N) is 3. The summed E-state index contributed by atoms with van der Waals surface area (Å²) in [4.78, 5) is 95.5. The molecule has 318 valence electrons. The lowest BCUT2D eigenvalue weighted by Gasteiger charge is -2.37. The Morgan fingerprint density at radius 1 is 0.937 bits per heavy atom. The van der Waals surface area contributed by atoms with E-state index < -0.39 is 41.4 Å². The van der Waals surface area contributed by atoms with Crippen molar-refractivity contribution in [3.05, 3.63) is 114 Å². The van der Waals surface area contributed by atoms with Gasteiger partial charge < -0.3 is 25.2 Å². The minimum Gasteiger partial charge on any atom is -0.496 e. The number of piperidine rings is 1. The van der Waals surface area contributed by atoms with Gasteiger partial charge in [-0.2, -0.15) is 5.26 Å². The highest BCUT2D eigenvalue weighted by molar-refractivity contribution is 6.25. The van der Waals surface area contributed by atoms with Crippen LogP contribution in [0, 0.1) is 17.1 Å². The van der Waals surface area contributed by atoms with Crippen molar-refractivity contribution in [2.24, 2.45) is 0 Å². The molecule has 5 heterocycles. The van der Waals surface area contributed by atoms with Crippen molar-refractivity contribution < 1.29 is 37.9 Å². The summed E-state index contributed by atoms with van der Waals surface area (Å²) in [5.41, 5.74) is 3.49. The van der Waals surface area contributed by atoms with E-state index in [1.165, 1.54) is 43.8 Å². The first-order chi connectivity index (χ1) is 30.6. The maximum atomic E-state index is 14.9. The fourth-order valence-electron chi connectivity index (χ4n) is 7.95. The van der Waals surface area contributed by atoms with Crippen molar-refractivity contribution in [2.45, 2.75) is 31.7 Å². The van der Waals surface area contributed by atoms with Gasteiger partial charge in [0.05, 0.1) is 46.8 Å². The number of anilines is 3. The molecule has 3 N–H and O–H groups in total. The first-order valence-corrected chi connectivity index (χ1v) is 20.1. The van der Waals surface area contributed by atoms with E-state index in [-0.39, 0.29) is 59.1 Å². The molecular weight excluding hydrogens is 812 g/mol. The Morgan fingerprint density at radius 2 is 1.75 bits per heavy atom. The standard InChI is InChI=1S/C45H39FN10O7/c1-63-36-8-3-6-30(46)40(36)41-50-18-15-33(51-41)42(59)52-31-11-10-26(29-25-48-17-14-27(29)24-47)23-35(31)54-19-21-55(22-20-54)38(58)9-4-16-49-32-7-2-5-28-39(32)45(62)56(44(28)61)34-12-13-37(57)53-43(34)60/h2-3,5-8,10-11,14-15,17-18,23,25,34,49H,4,9,12-13,16,19-22H2,1H3,(H,52,59)(H,53,57,60). The fourth-order valence-corrected chi connectivity index (χ4v) is 7.95. The largest absolute Gasteiger partial charge is 0.496 e. The third-order valence-corrected chi connectivity index (χ3v) is 11.1. The molecule has 17 nitrogen and oxygen atoms in total. The molecule has 1 atom stereocenters. The van der Waals surface area contributed by atoms with Gasteiger partial charge >= 0.3 is 0 Å². The highest BCUT2D eigenvalue weighted by atomic mass is 19.1. The van der Waals surface area contributed by atoms with Gasteiger partial charge in [0.25, 0.3) is 17.7 Å². The summed E-state index contributed by atoms with van der Waals surface area (Å²) in [7, 11) is 1.40. The number of amides is 6. The normalized spacial score (nSPS) is 16.0. The number of aromatic nitrogens is 3. The third-order valence-electron chi connectivity index (χ3n) is 11.1. The second-order valence-corrected chi connectivity index (χ2v) is 14.9. The van der Waals surface area contributed by atoms with Crippen LogP contribution in [0.3, 0.4) is 0 Å². The lowest BCUT2D eigenvalue weighted by atomic mass is 10.0. The summed E-state index contributed by atoms with van der Waals surface area (Å²) in [6, 6.07) is 18.6. The van der Waals surface area contributed by atoms with Crippen molar-refractivity contribution >= 4 is 52.5 Å². The van der Waals surface area contributed by atoms with E-state index in [0.29, 0.717) is 72.9 Å². The first kappa shape index (κ1) is 41.7. The molecule has 3 aromatic carbocycles. The number of hydrogen-bond acceptors (Lipinski definition) is 13. The summed E-state index contributed by atoms with van der Waals surface area (Å²) in [5, 5.41) is 18.1. The quantitative estimate of drug-likeness (QED) is 0.117. The number of imide groups is 2. The molecule has 18 heteroatoms. The Hall–Kier alpha value is -8.07. The molecular formula is C45H39FN10O7. The topological polar surface area (TPSA) is 220 Å². The van der Waals surface area contributed by atoms with Gasteiger partial charge in [-0.3, -0.25) is 44.0 Å². The maximum Gasteiger partial charge on any atom is 0.274 e. The Morgan fingerprint density at radius 3 is 2.52 bits per heavy atom. The zero-order chi connectivity index (χ0) is 44.2. The van der Waals surface area contributed by atoms with Gasteiger partial charge in [-0.1, -0.05) is 18.2 Å². The van der Waals surface area contributed by atoms with E-state index in [1.807, 2.05) is 11.0 Å². The molecule has 5 aromatic rings. The zero-order valence-electron chi connectivity index (χ0n) is 33.9. The number of pyridine rings is 1. The summed E-state index contributed by atoms with van der Waals surface area (Å²) in [5.74, 6) is -3.45. The molecule has 0 bridgehead atoms. The molecule has 2 aromatic heterocycles. The predicted molar refractivity (Wildman–Crippen MR) is 226 cm³/mol. The number of fused-ring (bicyclic) bond motifs is 1. The summed E-state index contributed by atoms with van der Waals surface area (Å²) in [6.07, 6.45) is 5.18. The molecule has 6 amide bonds. The number of carbonyl (C=O) groups is 6. The fraction of sp³-hybridized carbons (Fsp3) is 0.244. The van der Waals surface area contributed by atoms with Crippen LogP contribution in [0.1, 0.15) is 62.5 Å². The van der Waals surface area contributed by atoms with Crippen LogP contribution in [0.4, 0.5) is 21.5 Å². The van der Waals surface area contributed by atoms with E-state index in [9.17, 15) is 38.4 Å². The smallest absolute Gasteiger partial charge is 0.274 e. The SMILES string of the molecule is COc1cccc(F)c1-c1nccc(C(=O)Nc2ccc(-c3cnccc3C#N)cc2N2CCN(C(=O)CCCNc3cccc4c3C(=O)N(C3CCC(=O)NC3=O)C4=O)CC2)n1. The number of nitriles is 1. The van der Waals surface area contributed by atoms with Gasteiger partial charge in [-0.25, -0.2) is 14.4 Å². The number of carbonyl (C=O) groups excluding carboxylic acids is 6. The average molecular weight is 851 g/mol. The number of halogens is 1. The number of nitrogens with zero attached hydrogens (tertiary/aromatic N) is 7. The number of ether oxygens (including phenoxy) is 1. The van der Waals surface area contributed by atoms with Crippen LogP contribution in [0.2, 0.25) is 0 Å². The predicted octanol–water partition coefficient (Wildman–Crippen LogP) is 4.42. The molecule has 3 aliphatic heterocycles. The van der Waals surface area contributed by atoms with E-state index in [1.54, 1.807) is 47.5 Å². The zero-order valence-corrected chi connectivity index (χ0v) is 33.9. The number of rotatable bonds is 12. The van der Waals surface area contributed by atoms with Crippen LogP contribution < -0.4 is 25.6 Å². The lowest BCUT2D eigenvalue weighted by Crippen LogP contribution is -2.54. The lowest BCUT2D eigenvalue weighted by molar-refractivity contribution is -0.136. The summed E-state index contributed by atoms with van der Waals surface area (Å²) < 4.78 is 20.2. The van der Waals surface area contributed by atoms with Crippen LogP contribution >= 0.6 is 0 Å². The maximum absolute atomic E-state index is 14.9. The Balaban J connectivity index is 0.928. The molecule has 8 rings (SSSR count). The minimum absolute atomic E-state index is 0.0155. The Labute approximate surface area is 359 Å². The molecule has 3 aliphatic rings. The highest BCUT2D eigenvalue weighted by Crippen LogP contribution is 2.36. The summed E-state index contributed by atoms with van der Waals surface area (Å²) in [6.45, 7) is 1.89. The molecule has 2 saturated heterocycles. The van der Waals surface area contributed by atoms with Crippen molar-refractivity contribution in [1.29, 1.82) is 5.26 Å². The van der Waals surface area contributed by atoms with Gasteiger partial charge in [0.15, 0.2) is 5.82 Å². The van der Waals surface area contributed by atoms with Gasteiger partial charge in [-0.05, 0) is 66.9 Å². The van der Waals surface area contributed by atoms with E-state index in [2.05, 4.69) is 37.0 Å². The van der Waals surface area contributed by atoms with Crippen LogP contribution in [-0.2, 0) is 14.4 Å². The number of methoxy groups -OCH3 is 1. The van der Waals surface area contributed by atoms with Crippen molar-refractivity contribution in [1.82, 2.24) is 30.1 Å². The molecule has 0 saturated carbocycles. The van der Waals surface area contributed by atoms with Crippen LogP contribution in [0.5, 0.6) is 5.75 Å². The van der Waals surface area contributed by atoms with Gasteiger partial charge in [0, 0.05) is 75.4 Å². The second-order valence-electron chi connectivity index (χ2n) is 14.9. The van der Waals surface area contributed by atoms with E-state index >= 15 is 0 Å². The van der Waals surface area contributed by atoms with Crippen LogP contribution in [-0.4, -0.2) is 106 Å². The van der Waals surface area contributed by atoms with Crippen molar-refractivity contribution in [3.63, 3.8) is 0 Å².